The fraction of sp³-hybridized carbons (Fsp3) is 0.130. The van der Waals surface area contributed by atoms with Crippen LogP contribution in [0.25, 0.3) is 5.70 Å². The Kier molecular flexibility index (Phi) is 3.64. The zero-order chi connectivity index (χ0) is 16.6. The minimum Gasteiger partial charge on any atom is -0.354 e. The summed E-state index contributed by atoms with van der Waals surface area (Å²) in [5.74, 6) is 0. The van der Waals surface area contributed by atoms with Gasteiger partial charge in [-0.15, -0.1) is 11.8 Å². The summed E-state index contributed by atoms with van der Waals surface area (Å²) in [6.07, 6.45) is 2.23. The average Bonchev–Trinajstić information content (AvgIpc) is 2.85. The summed E-state index contributed by atoms with van der Waals surface area (Å²) in [5, 5.41) is 4.14. The maximum absolute atomic E-state index is 3.78. The van der Waals surface area contributed by atoms with E-state index in [2.05, 4.69) is 84.2 Å². The van der Waals surface area contributed by atoms with Crippen LogP contribution in [0.4, 0.5) is 5.69 Å². The highest BCUT2D eigenvalue weighted by Gasteiger charge is 2.30. The standard InChI is InChI=1S/C23H19NS/c1-2-9-17(10-3-1)23-19-15-14-16-8-4-5-11-18(16)22(19)24-20-12-6-7-13-21(20)25-23/h1-13,23-24H,14-15H2/t23-/m1/s1. The Labute approximate surface area is 152 Å². The lowest BCUT2D eigenvalue weighted by Gasteiger charge is -2.27. The average molecular weight is 341 g/mol. The number of hydrogen-bond acceptors (Lipinski definition) is 2. The van der Waals surface area contributed by atoms with Gasteiger partial charge >= 0.3 is 0 Å². The molecule has 0 radical (unpaired) electrons. The predicted octanol–water partition coefficient (Wildman–Crippen LogP) is 6.30. The molecule has 0 amide bonds. The molecule has 0 aromatic heterocycles. The zero-order valence-corrected chi connectivity index (χ0v) is 14.7. The maximum atomic E-state index is 3.78. The van der Waals surface area contributed by atoms with Crippen molar-refractivity contribution >= 4 is 23.1 Å². The highest BCUT2D eigenvalue weighted by molar-refractivity contribution is 8.00. The molecular formula is C23H19NS. The van der Waals surface area contributed by atoms with Crippen molar-refractivity contribution in [1.29, 1.82) is 0 Å². The van der Waals surface area contributed by atoms with Crippen molar-refractivity contribution in [1.82, 2.24) is 0 Å². The number of nitrogens with one attached hydrogen (secondary N) is 1. The highest BCUT2D eigenvalue weighted by Crippen LogP contribution is 2.51. The third kappa shape index (κ3) is 2.58. The van der Waals surface area contributed by atoms with E-state index >= 15 is 0 Å². The van der Waals surface area contributed by atoms with E-state index in [1.807, 2.05) is 11.8 Å². The molecule has 5 rings (SSSR count). The van der Waals surface area contributed by atoms with E-state index in [9.17, 15) is 0 Å². The van der Waals surface area contributed by atoms with Crippen molar-refractivity contribution in [2.45, 2.75) is 23.0 Å². The molecule has 1 nitrogen and oxygen atoms in total. The number of fused-ring (bicyclic) bond motifs is 3. The van der Waals surface area contributed by atoms with Crippen molar-refractivity contribution in [3.63, 3.8) is 0 Å². The SMILES string of the molecule is c1ccc([C@H]2Sc3ccccc3NC3=C2CCc2ccccc23)cc1. The summed E-state index contributed by atoms with van der Waals surface area (Å²) in [4.78, 5) is 1.32. The van der Waals surface area contributed by atoms with E-state index in [-0.39, 0.29) is 0 Å². The molecule has 0 saturated carbocycles. The minimum atomic E-state index is 0.362. The Balaban J connectivity index is 1.73. The van der Waals surface area contributed by atoms with Gasteiger partial charge in [-0.1, -0.05) is 66.7 Å². The molecule has 0 unspecified atom stereocenters. The topological polar surface area (TPSA) is 12.0 Å². The van der Waals surface area contributed by atoms with E-state index in [1.165, 1.54) is 38.5 Å². The number of aryl methyl sites for hydroxylation is 1. The molecule has 0 bridgehead atoms. The summed E-state index contributed by atoms with van der Waals surface area (Å²) in [5.41, 5.74) is 8.25. The molecule has 1 heterocycles. The summed E-state index contributed by atoms with van der Waals surface area (Å²) < 4.78 is 0. The largest absolute Gasteiger partial charge is 0.354 e. The normalized spacial score (nSPS) is 18.5. The van der Waals surface area contributed by atoms with E-state index in [4.69, 9.17) is 0 Å². The second-order valence-corrected chi connectivity index (χ2v) is 7.73. The molecule has 122 valence electrons. The lowest BCUT2D eigenvalue weighted by atomic mass is 9.86. The molecule has 1 aliphatic heterocycles. The van der Waals surface area contributed by atoms with Gasteiger partial charge in [0.25, 0.3) is 0 Å². The van der Waals surface area contributed by atoms with Crippen LogP contribution in [0.5, 0.6) is 0 Å². The summed E-state index contributed by atoms with van der Waals surface area (Å²) >= 11 is 1.97. The molecule has 0 spiro atoms. The molecule has 1 aliphatic carbocycles. The Hall–Kier alpha value is -2.45. The van der Waals surface area contributed by atoms with Crippen LogP contribution in [0.2, 0.25) is 0 Å². The molecule has 3 aromatic rings. The van der Waals surface area contributed by atoms with Gasteiger partial charge in [-0.2, -0.15) is 0 Å². The summed E-state index contributed by atoms with van der Waals surface area (Å²) in [7, 11) is 0. The third-order valence-electron chi connectivity index (χ3n) is 5.08. The number of benzene rings is 3. The van der Waals surface area contributed by atoms with Crippen LogP contribution in [0.15, 0.2) is 89.3 Å². The number of para-hydroxylation sites is 1. The first kappa shape index (κ1) is 14.9. The minimum absolute atomic E-state index is 0.362. The summed E-state index contributed by atoms with van der Waals surface area (Å²) in [6, 6.07) is 28.4. The highest BCUT2D eigenvalue weighted by atomic mass is 32.2. The molecule has 3 aromatic carbocycles. The van der Waals surface area contributed by atoms with Gasteiger partial charge < -0.3 is 5.32 Å². The lowest BCUT2D eigenvalue weighted by molar-refractivity contribution is 0.871. The van der Waals surface area contributed by atoms with Gasteiger partial charge in [0.15, 0.2) is 0 Å². The van der Waals surface area contributed by atoms with Gasteiger partial charge in [0.2, 0.25) is 0 Å². The van der Waals surface area contributed by atoms with E-state index in [0.717, 1.165) is 12.8 Å². The van der Waals surface area contributed by atoms with E-state index < -0.39 is 0 Å². The third-order valence-corrected chi connectivity index (χ3v) is 6.48. The molecule has 1 N–H and O–H groups in total. The van der Waals surface area contributed by atoms with E-state index in [0.29, 0.717) is 5.25 Å². The van der Waals surface area contributed by atoms with E-state index in [1.54, 1.807) is 0 Å². The monoisotopic (exact) mass is 341 g/mol. The fourth-order valence-electron chi connectivity index (χ4n) is 3.86. The Morgan fingerprint density at radius 2 is 1.52 bits per heavy atom. The first-order chi connectivity index (χ1) is 12.4. The van der Waals surface area contributed by atoms with Crippen molar-refractivity contribution in [3.05, 3.63) is 101 Å². The van der Waals surface area contributed by atoms with Crippen molar-refractivity contribution in [3.8, 4) is 0 Å². The maximum Gasteiger partial charge on any atom is 0.0577 e. The van der Waals surface area contributed by atoms with Crippen LogP contribution in [0.1, 0.15) is 28.4 Å². The van der Waals surface area contributed by atoms with Crippen molar-refractivity contribution in [2.24, 2.45) is 0 Å². The Morgan fingerprint density at radius 3 is 2.44 bits per heavy atom. The fourth-order valence-corrected chi connectivity index (χ4v) is 5.19. The quantitative estimate of drug-likeness (QED) is 0.557. The number of thioether (sulfide) groups is 1. The van der Waals surface area contributed by atoms with Crippen LogP contribution >= 0.6 is 11.8 Å². The van der Waals surface area contributed by atoms with Gasteiger partial charge in [-0.3, -0.25) is 0 Å². The molecule has 2 aliphatic rings. The Bertz CT molecular complexity index is 959. The second-order valence-electron chi connectivity index (χ2n) is 6.59. The molecule has 2 heteroatoms. The second kappa shape index (κ2) is 6.12. The van der Waals surface area contributed by atoms with Crippen molar-refractivity contribution < 1.29 is 0 Å². The van der Waals surface area contributed by atoms with Gasteiger partial charge in [0.1, 0.15) is 0 Å². The smallest absolute Gasteiger partial charge is 0.0577 e. The zero-order valence-electron chi connectivity index (χ0n) is 13.9. The number of rotatable bonds is 1. The molecular weight excluding hydrogens is 322 g/mol. The first-order valence-corrected chi connectivity index (χ1v) is 9.67. The predicted molar refractivity (Wildman–Crippen MR) is 107 cm³/mol. The number of hydrogen-bond donors (Lipinski definition) is 1. The lowest BCUT2D eigenvalue weighted by Crippen LogP contribution is -2.13. The first-order valence-electron chi connectivity index (χ1n) is 8.79. The molecule has 0 saturated heterocycles. The van der Waals surface area contributed by atoms with Crippen LogP contribution < -0.4 is 5.32 Å². The molecule has 25 heavy (non-hydrogen) atoms. The van der Waals surface area contributed by atoms with Gasteiger partial charge in [0.05, 0.1) is 10.9 Å². The van der Waals surface area contributed by atoms with Gasteiger partial charge in [0, 0.05) is 16.2 Å². The van der Waals surface area contributed by atoms with Crippen LogP contribution in [-0.2, 0) is 6.42 Å². The van der Waals surface area contributed by atoms with Crippen LogP contribution in [-0.4, -0.2) is 0 Å². The van der Waals surface area contributed by atoms with Crippen LogP contribution in [0, 0.1) is 0 Å². The number of anilines is 1. The molecule has 0 fully saturated rings. The van der Waals surface area contributed by atoms with Gasteiger partial charge in [-0.25, -0.2) is 0 Å². The summed E-state index contributed by atoms with van der Waals surface area (Å²) in [6.45, 7) is 0. The molecule has 1 atom stereocenters. The Morgan fingerprint density at radius 1 is 0.760 bits per heavy atom. The van der Waals surface area contributed by atoms with Gasteiger partial charge in [-0.05, 0) is 41.7 Å². The van der Waals surface area contributed by atoms with Crippen molar-refractivity contribution in [2.75, 3.05) is 5.32 Å². The van der Waals surface area contributed by atoms with Crippen LogP contribution in [0.3, 0.4) is 0 Å².